The van der Waals surface area contributed by atoms with Crippen LogP contribution in [0.4, 0.5) is 16.2 Å². The molecule has 0 saturated carbocycles. The summed E-state index contributed by atoms with van der Waals surface area (Å²) in [5.41, 5.74) is 4.86. The van der Waals surface area contributed by atoms with Crippen molar-refractivity contribution in [2.75, 3.05) is 32.2 Å². The molecule has 1 aliphatic heterocycles. The lowest BCUT2D eigenvalue weighted by Gasteiger charge is -2.28. The maximum absolute atomic E-state index is 12.5. The van der Waals surface area contributed by atoms with E-state index < -0.39 is 0 Å². The van der Waals surface area contributed by atoms with Crippen LogP contribution in [-0.2, 0) is 11.8 Å². The summed E-state index contributed by atoms with van der Waals surface area (Å²) in [6.45, 7) is 4.91. The lowest BCUT2D eigenvalue weighted by molar-refractivity contribution is 0.132. The van der Waals surface area contributed by atoms with Crippen LogP contribution in [0.1, 0.15) is 13.8 Å². The van der Waals surface area contributed by atoms with Crippen LogP contribution >= 0.6 is 0 Å². The zero-order valence-electron chi connectivity index (χ0n) is 21.6. The number of rotatable bonds is 8. The molecule has 5 rings (SSSR count). The summed E-state index contributed by atoms with van der Waals surface area (Å²) in [5.74, 6) is 1.32. The van der Waals surface area contributed by atoms with E-state index in [0.717, 1.165) is 33.7 Å². The van der Waals surface area contributed by atoms with Crippen molar-refractivity contribution in [2.24, 2.45) is 7.05 Å². The quantitative estimate of drug-likeness (QED) is 0.350. The van der Waals surface area contributed by atoms with Crippen LogP contribution < -0.4 is 14.4 Å². The number of ether oxygens (including phenoxy) is 3. The molecule has 0 spiro atoms. The van der Waals surface area contributed by atoms with Crippen molar-refractivity contribution < 1.29 is 19.0 Å². The van der Waals surface area contributed by atoms with Crippen molar-refractivity contribution in [3.05, 3.63) is 55.0 Å². The second kappa shape index (κ2) is 9.96. The molecule has 1 amide bonds. The predicted octanol–water partition coefficient (Wildman–Crippen LogP) is 4.41. The normalized spacial score (nSPS) is 15.4. The molecule has 0 bridgehead atoms. The van der Waals surface area contributed by atoms with Crippen molar-refractivity contribution in [2.45, 2.75) is 26.0 Å². The van der Waals surface area contributed by atoms with Gasteiger partial charge in [0.05, 0.1) is 56.4 Å². The highest BCUT2D eigenvalue weighted by atomic mass is 16.6. The largest absolute Gasteiger partial charge is 0.497 e. The van der Waals surface area contributed by atoms with E-state index in [1.807, 2.05) is 63.5 Å². The molecule has 2 aromatic carbocycles. The number of hydrogen-bond donors (Lipinski definition) is 0. The van der Waals surface area contributed by atoms with Crippen LogP contribution in [0.5, 0.6) is 11.5 Å². The number of carbonyl (C=O) groups excluding carboxylic acids is 1. The fourth-order valence-electron chi connectivity index (χ4n) is 4.43. The average Bonchev–Trinajstić information content (AvgIpc) is 3.51. The van der Waals surface area contributed by atoms with Crippen molar-refractivity contribution in [1.29, 1.82) is 0 Å². The summed E-state index contributed by atoms with van der Waals surface area (Å²) >= 11 is 0. The Bertz CT molecular complexity index is 1410. The van der Waals surface area contributed by atoms with E-state index >= 15 is 0 Å². The number of benzene rings is 2. The zero-order valence-corrected chi connectivity index (χ0v) is 21.6. The molecule has 10 heteroatoms. The molecule has 4 aromatic rings. The van der Waals surface area contributed by atoms with Gasteiger partial charge in [0.2, 0.25) is 0 Å². The summed E-state index contributed by atoms with van der Waals surface area (Å²) in [7, 11) is 5.11. The van der Waals surface area contributed by atoms with Crippen molar-refractivity contribution in [3.8, 4) is 22.8 Å². The Morgan fingerprint density at radius 1 is 1.05 bits per heavy atom. The number of fused-ring (bicyclic) bond motifs is 1. The number of cyclic esters (lactones) is 1. The first-order chi connectivity index (χ1) is 17.8. The number of methoxy groups -OCH3 is 2. The number of nitrogens with zero attached hydrogens (tertiary/aromatic N) is 6. The van der Waals surface area contributed by atoms with Crippen LogP contribution in [0.25, 0.3) is 22.3 Å². The summed E-state index contributed by atoms with van der Waals surface area (Å²) in [6, 6.07) is 11.7. The Kier molecular flexibility index (Phi) is 6.56. The molecule has 2 aromatic heterocycles. The van der Waals surface area contributed by atoms with Gasteiger partial charge in [0.15, 0.2) is 0 Å². The van der Waals surface area contributed by atoms with Gasteiger partial charge in [-0.25, -0.2) is 9.78 Å². The van der Waals surface area contributed by atoms with E-state index in [4.69, 9.17) is 19.2 Å². The van der Waals surface area contributed by atoms with E-state index in [1.165, 1.54) is 0 Å². The van der Waals surface area contributed by atoms with Crippen LogP contribution in [0.15, 0.2) is 55.0 Å². The molecule has 0 aliphatic carbocycles. The third-order valence-electron chi connectivity index (χ3n) is 6.40. The Balaban J connectivity index is 1.56. The van der Waals surface area contributed by atoms with E-state index in [9.17, 15) is 4.79 Å². The minimum atomic E-state index is -0.324. The minimum absolute atomic E-state index is 0.0599. The fraction of sp³-hybridized carbons (Fsp3) is 0.333. The van der Waals surface area contributed by atoms with Gasteiger partial charge in [0, 0.05) is 54.4 Å². The van der Waals surface area contributed by atoms with Gasteiger partial charge in [-0.15, -0.1) is 0 Å². The van der Waals surface area contributed by atoms with Crippen LogP contribution in [-0.4, -0.2) is 70.2 Å². The van der Waals surface area contributed by atoms with E-state index in [0.29, 0.717) is 24.6 Å². The Labute approximate surface area is 215 Å². The third-order valence-corrected chi connectivity index (χ3v) is 6.40. The highest BCUT2D eigenvalue weighted by Gasteiger charge is 2.34. The molecule has 1 unspecified atom stereocenters. The minimum Gasteiger partial charge on any atom is -0.497 e. The molecule has 0 N–H and O–H groups in total. The second-order valence-corrected chi connectivity index (χ2v) is 9.26. The highest BCUT2D eigenvalue weighted by Crippen LogP contribution is 2.35. The number of amides is 1. The molecule has 3 heterocycles. The van der Waals surface area contributed by atoms with E-state index in [2.05, 4.69) is 15.0 Å². The number of aryl methyl sites for hydroxylation is 1. The van der Waals surface area contributed by atoms with Gasteiger partial charge in [0.1, 0.15) is 17.6 Å². The van der Waals surface area contributed by atoms with Crippen molar-refractivity contribution >= 4 is 28.5 Å². The third kappa shape index (κ3) is 5.00. The zero-order chi connectivity index (χ0) is 26.1. The summed E-state index contributed by atoms with van der Waals surface area (Å²) in [5, 5.41) is 4.24. The topological polar surface area (TPSA) is 94.8 Å². The lowest BCUT2D eigenvalue weighted by atomic mass is 10.1. The maximum atomic E-state index is 12.5. The Morgan fingerprint density at radius 2 is 1.81 bits per heavy atom. The van der Waals surface area contributed by atoms with Gasteiger partial charge in [-0.3, -0.25) is 9.67 Å². The van der Waals surface area contributed by atoms with Crippen molar-refractivity contribution in [1.82, 2.24) is 24.6 Å². The molecule has 1 fully saturated rings. The molecular weight excluding hydrogens is 472 g/mol. The first kappa shape index (κ1) is 24.4. The molecular formula is C27H30N6O4. The predicted molar refractivity (Wildman–Crippen MR) is 140 cm³/mol. The van der Waals surface area contributed by atoms with Gasteiger partial charge in [0.25, 0.3) is 0 Å². The van der Waals surface area contributed by atoms with Gasteiger partial charge in [-0.1, -0.05) is 0 Å². The molecule has 1 atom stereocenters. The van der Waals surface area contributed by atoms with Crippen LogP contribution in [0.3, 0.4) is 0 Å². The smallest absolute Gasteiger partial charge is 0.410 e. The Hall–Kier alpha value is -4.34. The summed E-state index contributed by atoms with van der Waals surface area (Å²) in [4.78, 5) is 25.7. The van der Waals surface area contributed by atoms with Gasteiger partial charge in [-0.2, -0.15) is 5.10 Å². The van der Waals surface area contributed by atoms with Crippen molar-refractivity contribution in [3.63, 3.8) is 0 Å². The van der Waals surface area contributed by atoms with Gasteiger partial charge < -0.3 is 24.0 Å². The van der Waals surface area contributed by atoms with Gasteiger partial charge in [-0.05, 0) is 32.0 Å². The highest BCUT2D eigenvalue weighted by molar-refractivity contribution is 5.83. The number of anilines is 2. The fourth-order valence-corrected chi connectivity index (χ4v) is 4.43. The molecule has 1 aliphatic rings. The molecule has 1 saturated heterocycles. The SMILES string of the molecule is COc1cc(OC)cc(N(CC2CN(C(C)C)C(=O)O2)c2ccc3ncc(-c4cnn(C)c4)nc3c2)c1. The monoisotopic (exact) mass is 502 g/mol. The molecule has 10 nitrogen and oxygen atoms in total. The van der Waals surface area contributed by atoms with E-state index in [-0.39, 0.29) is 18.2 Å². The number of hydrogen-bond acceptors (Lipinski definition) is 8. The first-order valence-corrected chi connectivity index (χ1v) is 12.1. The Morgan fingerprint density at radius 3 is 2.43 bits per heavy atom. The maximum Gasteiger partial charge on any atom is 0.410 e. The molecule has 0 radical (unpaired) electrons. The second-order valence-electron chi connectivity index (χ2n) is 9.26. The average molecular weight is 503 g/mol. The summed E-state index contributed by atoms with van der Waals surface area (Å²) < 4.78 is 18.5. The van der Waals surface area contributed by atoms with E-state index in [1.54, 1.807) is 36.2 Å². The first-order valence-electron chi connectivity index (χ1n) is 12.1. The van der Waals surface area contributed by atoms with Gasteiger partial charge >= 0.3 is 6.09 Å². The number of aromatic nitrogens is 4. The van der Waals surface area contributed by atoms with Crippen LogP contribution in [0, 0.1) is 0 Å². The lowest BCUT2D eigenvalue weighted by Crippen LogP contribution is -2.35. The van der Waals surface area contributed by atoms with Crippen LogP contribution in [0.2, 0.25) is 0 Å². The standard InChI is InChI=1S/C27H30N6O4/c1-17(2)32-15-23(37-27(32)34)16-33(20-8-21(35-4)11-22(9-20)36-5)19-6-7-24-25(10-19)30-26(13-28-24)18-12-29-31(3)14-18/h6-14,17,23H,15-16H2,1-5H3. The molecule has 192 valence electrons. The molecule has 37 heavy (non-hydrogen) atoms. The summed E-state index contributed by atoms with van der Waals surface area (Å²) in [6.07, 6.45) is 4.80. The number of carbonyl (C=O) groups is 1.